The zero-order chi connectivity index (χ0) is 19.8. The van der Waals surface area contributed by atoms with E-state index < -0.39 is 0 Å². The van der Waals surface area contributed by atoms with Crippen molar-refractivity contribution in [3.05, 3.63) is 75.7 Å². The number of aromatic nitrogens is 3. The van der Waals surface area contributed by atoms with E-state index in [1.54, 1.807) is 51.9 Å². The van der Waals surface area contributed by atoms with Gasteiger partial charge >= 0.3 is 0 Å². The van der Waals surface area contributed by atoms with Crippen LogP contribution in [0.4, 0.5) is 0 Å². The first-order chi connectivity index (χ1) is 13.5. The minimum Gasteiger partial charge on any atom is -0.493 e. The van der Waals surface area contributed by atoms with Crippen molar-refractivity contribution < 1.29 is 9.47 Å². The summed E-state index contributed by atoms with van der Waals surface area (Å²) in [5, 5.41) is 0.723. The van der Waals surface area contributed by atoms with E-state index in [0.717, 1.165) is 10.9 Å². The number of aryl methyl sites for hydroxylation is 2. The van der Waals surface area contributed by atoms with Crippen molar-refractivity contribution in [3.8, 4) is 28.4 Å². The van der Waals surface area contributed by atoms with Crippen molar-refractivity contribution in [2.75, 3.05) is 7.11 Å². The fourth-order valence-electron chi connectivity index (χ4n) is 3.20. The quantitative estimate of drug-likeness (QED) is 0.593. The largest absolute Gasteiger partial charge is 0.493 e. The van der Waals surface area contributed by atoms with Gasteiger partial charge in [-0.3, -0.25) is 9.59 Å². The molecule has 4 aromatic rings. The molecule has 0 fully saturated rings. The van der Waals surface area contributed by atoms with Crippen molar-refractivity contribution in [2.24, 2.45) is 14.1 Å². The first-order valence-electron chi connectivity index (χ1n) is 8.68. The lowest BCUT2D eigenvalue weighted by Gasteiger charge is -2.15. The Kier molecular flexibility index (Phi) is 4.27. The maximum Gasteiger partial charge on any atom is 0.274 e. The number of pyridine rings is 2. The summed E-state index contributed by atoms with van der Waals surface area (Å²) in [5.41, 5.74) is 1.47. The van der Waals surface area contributed by atoms with Crippen LogP contribution in [0.3, 0.4) is 0 Å². The Hall–Kier alpha value is -3.74. The van der Waals surface area contributed by atoms with Gasteiger partial charge in [0.25, 0.3) is 11.1 Å². The van der Waals surface area contributed by atoms with Gasteiger partial charge in [-0.1, -0.05) is 12.1 Å². The molecule has 0 aliphatic carbocycles. The van der Waals surface area contributed by atoms with Gasteiger partial charge in [-0.15, -0.1) is 0 Å². The number of hydrogen-bond acceptors (Lipinski definition) is 4. The van der Waals surface area contributed by atoms with Crippen molar-refractivity contribution in [2.45, 2.75) is 0 Å². The molecule has 142 valence electrons. The third kappa shape index (κ3) is 2.87. The minimum absolute atomic E-state index is 0.139. The Labute approximate surface area is 160 Å². The molecule has 3 aromatic heterocycles. The molecule has 3 heterocycles. The summed E-state index contributed by atoms with van der Waals surface area (Å²) in [7, 11) is 4.90. The molecule has 0 unspecified atom stereocenters. The number of benzene rings is 1. The minimum atomic E-state index is -0.181. The number of H-pyrrole nitrogens is 1. The third-order valence-electron chi connectivity index (χ3n) is 4.67. The van der Waals surface area contributed by atoms with Crippen LogP contribution >= 0.6 is 0 Å². The van der Waals surface area contributed by atoms with Crippen LogP contribution in [0.1, 0.15) is 0 Å². The highest BCUT2D eigenvalue weighted by atomic mass is 16.5. The normalized spacial score (nSPS) is 11.0. The van der Waals surface area contributed by atoms with Gasteiger partial charge in [0.1, 0.15) is 5.52 Å². The molecule has 0 aliphatic rings. The molecule has 0 spiro atoms. The molecule has 1 N–H and O–H groups in total. The Balaban J connectivity index is 1.97. The third-order valence-corrected chi connectivity index (χ3v) is 4.67. The number of aromatic amines is 1. The molecule has 0 atom stereocenters. The Morgan fingerprint density at radius 1 is 0.893 bits per heavy atom. The first-order valence-corrected chi connectivity index (χ1v) is 8.68. The molecule has 7 nitrogen and oxygen atoms in total. The van der Waals surface area contributed by atoms with Gasteiger partial charge in [-0.2, -0.15) is 0 Å². The van der Waals surface area contributed by atoms with Crippen LogP contribution in [-0.2, 0) is 14.1 Å². The van der Waals surface area contributed by atoms with Crippen molar-refractivity contribution in [1.82, 2.24) is 14.1 Å². The SMILES string of the molecule is COc1ccccc1Oc1cn(C)c(=O)cc1-c1cn(C)c(=O)c2[nH]ccc12. The van der Waals surface area contributed by atoms with Gasteiger partial charge in [0, 0.05) is 49.1 Å². The van der Waals surface area contributed by atoms with E-state index in [-0.39, 0.29) is 11.1 Å². The van der Waals surface area contributed by atoms with E-state index in [2.05, 4.69) is 4.98 Å². The second-order valence-electron chi connectivity index (χ2n) is 6.48. The molecule has 7 heteroatoms. The van der Waals surface area contributed by atoms with Gasteiger partial charge < -0.3 is 23.6 Å². The van der Waals surface area contributed by atoms with Gasteiger partial charge in [-0.05, 0) is 18.2 Å². The van der Waals surface area contributed by atoms with Crippen molar-refractivity contribution >= 4 is 10.9 Å². The molecule has 0 saturated carbocycles. The highest BCUT2D eigenvalue weighted by molar-refractivity contribution is 5.95. The van der Waals surface area contributed by atoms with Crippen LogP contribution in [0.25, 0.3) is 22.0 Å². The van der Waals surface area contributed by atoms with E-state index in [0.29, 0.717) is 28.3 Å². The van der Waals surface area contributed by atoms with Crippen LogP contribution in [0.5, 0.6) is 17.2 Å². The average Bonchev–Trinajstić information content (AvgIpc) is 3.18. The lowest BCUT2D eigenvalue weighted by Crippen LogP contribution is -2.18. The highest BCUT2D eigenvalue weighted by Crippen LogP contribution is 2.38. The molecule has 4 rings (SSSR count). The van der Waals surface area contributed by atoms with Crippen molar-refractivity contribution in [3.63, 3.8) is 0 Å². The summed E-state index contributed by atoms with van der Waals surface area (Å²) in [6, 6.07) is 10.6. The lowest BCUT2D eigenvalue weighted by atomic mass is 10.0. The number of nitrogens with zero attached hydrogens (tertiary/aromatic N) is 2. The lowest BCUT2D eigenvalue weighted by molar-refractivity contribution is 0.378. The highest BCUT2D eigenvalue weighted by Gasteiger charge is 2.17. The Morgan fingerprint density at radius 2 is 1.64 bits per heavy atom. The maximum atomic E-state index is 12.4. The van der Waals surface area contributed by atoms with E-state index in [4.69, 9.17) is 9.47 Å². The van der Waals surface area contributed by atoms with Gasteiger partial charge in [-0.25, -0.2) is 0 Å². The number of hydrogen-bond donors (Lipinski definition) is 1. The van der Waals surface area contributed by atoms with Crippen molar-refractivity contribution in [1.29, 1.82) is 0 Å². The molecule has 0 amide bonds. The predicted molar refractivity (Wildman–Crippen MR) is 107 cm³/mol. The number of ether oxygens (including phenoxy) is 2. The molecule has 0 bridgehead atoms. The zero-order valence-electron chi connectivity index (χ0n) is 15.7. The molecular formula is C21H19N3O4. The van der Waals surface area contributed by atoms with E-state index in [1.807, 2.05) is 18.2 Å². The summed E-state index contributed by atoms with van der Waals surface area (Å²) in [6.07, 6.45) is 5.05. The Morgan fingerprint density at radius 3 is 2.39 bits per heavy atom. The fraction of sp³-hybridized carbons (Fsp3) is 0.143. The standard InChI is InChI=1S/C21H19N3O4/c1-23-12-18(28-17-7-5-4-6-16(17)27-3)14(10-19(23)25)15-11-24(2)21(26)20-13(15)8-9-22-20/h4-12,22H,1-3H3. The van der Waals surface area contributed by atoms with Crippen LogP contribution in [0.2, 0.25) is 0 Å². The Bertz CT molecular complexity index is 1300. The van der Waals surface area contributed by atoms with E-state index >= 15 is 0 Å². The summed E-state index contributed by atoms with van der Waals surface area (Å²) < 4.78 is 14.4. The second kappa shape index (κ2) is 6.77. The monoisotopic (exact) mass is 377 g/mol. The summed E-state index contributed by atoms with van der Waals surface area (Å²) in [6.45, 7) is 0. The van der Waals surface area contributed by atoms with E-state index in [9.17, 15) is 9.59 Å². The van der Waals surface area contributed by atoms with Crippen LogP contribution < -0.4 is 20.6 Å². The van der Waals surface area contributed by atoms with Crippen LogP contribution in [-0.4, -0.2) is 21.2 Å². The summed E-state index contributed by atoms with van der Waals surface area (Å²) in [4.78, 5) is 27.7. The second-order valence-corrected chi connectivity index (χ2v) is 6.48. The zero-order valence-corrected chi connectivity index (χ0v) is 15.7. The van der Waals surface area contributed by atoms with Gasteiger partial charge in [0.05, 0.1) is 13.3 Å². The first kappa shape index (κ1) is 17.7. The molecule has 0 saturated heterocycles. The number of para-hydroxylation sites is 2. The summed E-state index contributed by atoms with van der Waals surface area (Å²) >= 11 is 0. The number of methoxy groups -OCH3 is 1. The number of nitrogens with one attached hydrogen (secondary N) is 1. The fourth-order valence-corrected chi connectivity index (χ4v) is 3.20. The van der Waals surface area contributed by atoms with Crippen LogP contribution in [0, 0.1) is 0 Å². The van der Waals surface area contributed by atoms with Gasteiger partial charge in [0.15, 0.2) is 17.2 Å². The number of rotatable bonds is 4. The summed E-state index contributed by atoms with van der Waals surface area (Å²) in [5.74, 6) is 1.59. The van der Waals surface area contributed by atoms with Crippen LogP contribution in [0.15, 0.2) is 64.6 Å². The molecule has 0 aliphatic heterocycles. The van der Waals surface area contributed by atoms with E-state index in [1.165, 1.54) is 15.2 Å². The average molecular weight is 377 g/mol. The smallest absolute Gasteiger partial charge is 0.274 e. The molecule has 28 heavy (non-hydrogen) atoms. The van der Waals surface area contributed by atoms with Gasteiger partial charge in [0.2, 0.25) is 0 Å². The maximum absolute atomic E-state index is 12.4. The molecular weight excluding hydrogens is 358 g/mol. The molecule has 1 aromatic carbocycles. The number of fused-ring (bicyclic) bond motifs is 1. The topological polar surface area (TPSA) is 78.2 Å². The predicted octanol–water partition coefficient (Wildman–Crippen LogP) is 3.03. The molecule has 0 radical (unpaired) electrons.